The molecule has 4 heteroatoms. The second-order valence-corrected chi connectivity index (χ2v) is 5.86. The zero-order valence-electron chi connectivity index (χ0n) is 12.8. The van der Waals surface area contributed by atoms with Gasteiger partial charge in [0.2, 0.25) is 0 Å². The number of carbonyl (C=O) groups is 1. The van der Waals surface area contributed by atoms with Gasteiger partial charge in [0.15, 0.2) is 5.92 Å². The van der Waals surface area contributed by atoms with E-state index in [1.807, 2.05) is 45.9 Å². The van der Waals surface area contributed by atoms with Crippen molar-refractivity contribution in [1.29, 1.82) is 5.26 Å². The number of ether oxygens (including phenoxy) is 1. The molecule has 20 heavy (non-hydrogen) atoms. The van der Waals surface area contributed by atoms with Crippen LogP contribution in [0.4, 0.5) is 5.69 Å². The Kier molecular flexibility index (Phi) is 4.78. The Morgan fingerprint density at radius 1 is 1.45 bits per heavy atom. The van der Waals surface area contributed by atoms with Crippen molar-refractivity contribution in [3.63, 3.8) is 0 Å². The molecule has 0 saturated carbocycles. The number of anilines is 1. The summed E-state index contributed by atoms with van der Waals surface area (Å²) in [7, 11) is 0. The van der Waals surface area contributed by atoms with Crippen LogP contribution in [0, 0.1) is 18.3 Å². The molecule has 1 aromatic carbocycles. The summed E-state index contributed by atoms with van der Waals surface area (Å²) in [5.41, 5.74) is 8.87. The van der Waals surface area contributed by atoms with E-state index in [4.69, 9.17) is 10.5 Å². The number of carbonyl (C=O) groups excluding carboxylic acids is 1. The molecule has 0 radical (unpaired) electrons. The molecule has 1 rings (SSSR count). The fourth-order valence-corrected chi connectivity index (χ4v) is 2.11. The Bertz CT molecular complexity index is 551. The molecule has 0 aliphatic heterocycles. The number of hydrogen-bond acceptors (Lipinski definition) is 4. The molecule has 1 unspecified atom stereocenters. The van der Waals surface area contributed by atoms with E-state index in [2.05, 4.69) is 0 Å². The first-order valence-electron chi connectivity index (χ1n) is 6.69. The van der Waals surface area contributed by atoms with E-state index < -0.39 is 11.9 Å². The number of hydrogen-bond donors (Lipinski definition) is 1. The fourth-order valence-electron chi connectivity index (χ4n) is 2.11. The summed E-state index contributed by atoms with van der Waals surface area (Å²) in [6, 6.07) is 5.72. The van der Waals surface area contributed by atoms with Crippen LogP contribution >= 0.6 is 0 Å². The third kappa shape index (κ3) is 3.30. The molecule has 0 heterocycles. The summed E-state index contributed by atoms with van der Waals surface area (Å²) >= 11 is 0. The van der Waals surface area contributed by atoms with E-state index in [1.165, 1.54) is 0 Å². The molecular weight excluding hydrogens is 252 g/mol. The molecule has 0 fully saturated rings. The van der Waals surface area contributed by atoms with Crippen molar-refractivity contribution in [2.45, 2.75) is 46.0 Å². The highest BCUT2D eigenvalue weighted by atomic mass is 16.5. The van der Waals surface area contributed by atoms with Crippen LogP contribution in [0.15, 0.2) is 12.1 Å². The molecule has 0 aliphatic carbocycles. The lowest BCUT2D eigenvalue weighted by Gasteiger charge is -2.25. The summed E-state index contributed by atoms with van der Waals surface area (Å²) in [6.45, 7) is 9.94. The normalized spacial score (nSPS) is 12.6. The van der Waals surface area contributed by atoms with Crippen LogP contribution in [0.25, 0.3) is 0 Å². The van der Waals surface area contributed by atoms with Crippen molar-refractivity contribution in [2.75, 3.05) is 12.3 Å². The molecule has 0 saturated heterocycles. The van der Waals surface area contributed by atoms with E-state index in [-0.39, 0.29) is 12.0 Å². The largest absolute Gasteiger partial charge is 0.465 e. The second kappa shape index (κ2) is 5.96. The maximum absolute atomic E-state index is 12.0. The quantitative estimate of drug-likeness (QED) is 0.679. The lowest BCUT2D eigenvalue weighted by Crippen LogP contribution is -2.21. The molecule has 2 N–H and O–H groups in total. The molecule has 0 spiro atoms. The topological polar surface area (TPSA) is 76.1 Å². The number of nitrogens with zero attached hydrogens (tertiary/aromatic N) is 1. The smallest absolute Gasteiger partial charge is 0.327 e. The zero-order chi connectivity index (χ0) is 15.5. The average Bonchev–Trinajstić information content (AvgIpc) is 2.33. The van der Waals surface area contributed by atoms with Gasteiger partial charge in [0, 0.05) is 5.69 Å². The van der Waals surface area contributed by atoms with Crippen LogP contribution in [-0.4, -0.2) is 12.6 Å². The lowest BCUT2D eigenvalue weighted by molar-refractivity contribution is -0.143. The highest BCUT2D eigenvalue weighted by molar-refractivity contribution is 5.82. The summed E-state index contributed by atoms with van der Waals surface area (Å²) in [5, 5.41) is 9.34. The number of nitriles is 1. The lowest BCUT2D eigenvalue weighted by atomic mass is 9.79. The zero-order valence-corrected chi connectivity index (χ0v) is 12.8. The van der Waals surface area contributed by atoms with Crippen LogP contribution in [0.2, 0.25) is 0 Å². The molecule has 0 bridgehead atoms. The van der Waals surface area contributed by atoms with E-state index in [9.17, 15) is 10.1 Å². The average molecular weight is 274 g/mol. The van der Waals surface area contributed by atoms with Crippen molar-refractivity contribution < 1.29 is 9.53 Å². The SMILES string of the molecule is CCOC(=O)C(C#N)c1cc(C)c(N)cc1C(C)(C)C. The number of benzene rings is 1. The Morgan fingerprint density at radius 3 is 2.50 bits per heavy atom. The van der Waals surface area contributed by atoms with Gasteiger partial charge in [-0.1, -0.05) is 26.8 Å². The summed E-state index contributed by atoms with van der Waals surface area (Å²) < 4.78 is 4.99. The molecule has 0 aliphatic rings. The second-order valence-electron chi connectivity index (χ2n) is 5.86. The Hall–Kier alpha value is -2.02. The number of nitrogens with two attached hydrogens (primary N) is 1. The van der Waals surface area contributed by atoms with E-state index in [0.29, 0.717) is 11.3 Å². The predicted molar refractivity (Wildman–Crippen MR) is 79.3 cm³/mol. The maximum Gasteiger partial charge on any atom is 0.327 e. The van der Waals surface area contributed by atoms with Crippen molar-refractivity contribution in [1.82, 2.24) is 0 Å². The fraction of sp³-hybridized carbons (Fsp3) is 0.500. The van der Waals surface area contributed by atoms with Gasteiger partial charge in [0.1, 0.15) is 0 Å². The van der Waals surface area contributed by atoms with Crippen molar-refractivity contribution >= 4 is 11.7 Å². The molecule has 1 atom stereocenters. The highest BCUT2D eigenvalue weighted by Gasteiger charge is 2.29. The van der Waals surface area contributed by atoms with Gasteiger partial charge in [-0.25, -0.2) is 0 Å². The van der Waals surface area contributed by atoms with E-state index in [1.54, 1.807) is 6.92 Å². The summed E-state index contributed by atoms with van der Waals surface area (Å²) in [6.07, 6.45) is 0. The van der Waals surface area contributed by atoms with Crippen molar-refractivity contribution in [3.05, 3.63) is 28.8 Å². The van der Waals surface area contributed by atoms with Gasteiger partial charge in [-0.3, -0.25) is 4.79 Å². The number of rotatable bonds is 3. The first-order chi connectivity index (χ1) is 9.22. The monoisotopic (exact) mass is 274 g/mol. The van der Waals surface area contributed by atoms with E-state index >= 15 is 0 Å². The van der Waals surface area contributed by atoms with Crippen molar-refractivity contribution in [3.8, 4) is 6.07 Å². The van der Waals surface area contributed by atoms with Gasteiger partial charge >= 0.3 is 5.97 Å². The first kappa shape index (κ1) is 16.0. The highest BCUT2D eigenvalue weighted by Crippen LogP contribution is 2.34. The third-order valence-corrected chi connectivity index (χ3v) is 3.21. The van der Waals surface area contributed by atoms with Gasteiger partial charge in [0.25, 0.3) is 0 Å². The molecule has 1 aromatic rings. The van der Waals surface area contributed by atoms with Crippen molar-refractivity contribution in [2.24, 2.45) is 0 Å². The Balaban J connectivity index is 3.45. The molecule has 108 valence electrons. The van der Waals surface area contributed by atoms with Gasteiger partial charge in [0.05, 0.1) is 12.7 Å². The Labute approximate surface area is 120 Å². The van der Waals surface area contributed by atoms with Crippen LogP contribution in [-0.2, 0) is 14.9 Å². The number of esters is 1. The molecule has 4 nitrogen and oxygen atoms in total. The van der Waals surface area contributed by atoms with Gasteiger partial charge in [-0.05, 0) is 42.0 Å². The number of nitrogen functional groups attached to an aromatic ring is 1. The minimum atomic E-state index is -0.913. The van der Waals surface area contributed by atoms with Gasteiger partial charge in [-0.15, -0.1) is 0 Å². The minimum Gasteiger partial charge on any atom is -0.465 e. The number of aryl methyl sites for hydroxylation is 1. The van der Waals surface area contributed by atoms with Crippen LogP contribution in [0.3, 0.4) is 0 Å². The van der Waals surface area contributed by atoms with Crippen LogP contribution in [0.1, 0.15) is 50.3 Å². The molecular formula is C16H22N2O2. The maximum atomic E-state index is 12.0. The van der Waals surface area contributed by atoms with Crippen LogP contribution in [0.5, 0.6) is 0 Å². The third-order valence-electron chi connectivity index (χ3n) is 3.21. The standard InChI is InChI=1S/C16H22N2O2/c1-6-20-15(19)12(9-17)11-7-10(2)14(18)8-13(11)16(3,4)5/h7-8,12H,6,18H2,1-5H3. The predicted octanol–water partition coefficient (Wildman–Crippen LogP) is 3.05. The Morgan fingerprint density at radius 2 is 2.05 bits per heavy atom. The first-order valence-corrected chi connectivity index (χ1v) is 6.69. The minimum absolute atomic E-state index is 0.210. The molecule has 0 aromatic heterocycles. The summed E-state index contributed by atoms with van der Waals surface area (Å²) in [4.78, 5) is 12.0. The van der Waals surface area contributed by atoms with Gasteiger partial charge in [-0.2, -0.15) is 5.26 Å². The van der Waals surface area contributed by atoms with Crippen LogP contribution < -0.4 is 5.73 Å². The summed E-state index contributed by atoms with van der Waals surface area (Å²) in [5.74, 6) is -1.42. The van der Waals surface area contributed by atoms with Gasteiger partial charge < -0.3 is 10.5 Å². The molecule has 0 amide bonds. The van der Waals surface area contributed by atoms with E-state index in [0.717, 1.165) is 11.1 Å².